The average molecular weight is 288 g/mol. The molecule has 0 fully saturated rings. The quantitative estimate of drug-likeness (QED) is 0.880. The number of hydrogen-bond donors (Lipinski definition) is 2. The van der Waals surface area contributed by atoms with Crippen molar-refractivity contribution in [2.75, 3.05) is 0 Å². The molecule has 0 aliphatic heterocycles. The molecular weight excluding hydrogens is 260 g/mol. The fourth-order valence-electron chi connectivity index (χ4n) is 2.42. The summed E-state index contributed by atoms with van der Waals surface area (Å²) in [5.74, 6) is 0. The van der Waals surface area contributed by atoms with Crippen LogP contribution in [0.1, 0.15) is 46.6 Å². The molecule has 2 aromatic rings. The molecule has 3 nitrogen and oxygen atoms in total. The molecule has 0 saturated carbocycles. The first-order valence-corrected chi connectivity index (χ1v) is 7.70. The summed E-state index contributed by atoms with van der Waals surface area (Å²) < 4.78 is 2.26. The number of aromatic nitrogens is 1. The Balaban J connectivity index is 2.27. The van der Waals surface area contributed by atoms with Crippen LogP contribution in [0.25, 0.3) is 10.9 Å². The number of hydrogen-bond acceptors (Lipinski definition) is 2. The van der Waals surface area contributed by atoms with E-state index in [1.165, 1.54) is 16.5 Å². The van der Waals surface area contributed by atoms with Gasteiger partial charge in [-0.3, -0.25) is 0 Å². The number of fused-ring (bicyclic) bond motifs is 1. The van der Waals surface area contributed by atoms with Crippen LogP contribution >= 0.6 is 0 Å². The minimum Gasteiger partial charge on any atom is -0.390 e. The van der Waals surface area contributed by atoms with Crippen molar-refractivity contribution in [1.29, 1.82) is 0 Å². The predicted octanol–water partition coefficient (Wildman–Crippen LogP) is 3.69. The van der Waals surface area contributed by atoms with E-state index in [-0.39, 0.29) is 5.54 Å². The molecule has 0 atom stereocenters. The van der Waals surface area contributed by atoms with Gasteiger partial charge < -0.3 is 15.0 Å². The highest BCUT2D eigenvalue weighted by atomic mass is 16.3. The standard InChI is InChI=1S/C18H28N2O/c1-17(2,3)19-13-15-8-6-7-14-9-11-20(16(14)15)12-10-18(4,5)21/h6-9,11,19,21H,10,12-13H2,1-5H3. The minimum absolute atomic E-state index is 0.104. The van der Waals surface area contributed by atoms with Gasteiger partial charge in [-0.25, -0.2) is 0 Å². The highest BCUT2D eigenvalue weighted by Crippen LogP contribution is 2.22. The van der Waals surface area contributed by atoms with Gasteiger partial charge in [0.1, 0.15) is 0 Å². The lowest BCUT2D eigenvalue weighted by Crippen LogP contribution is -2.35. The second-order valence-electron chi connectivity index (χ2n) is 7.53. The predicted molar refractivity (Wildman–Crippen MR) is 89.4 cm³/mol. The Morgan fingerprint density at radius 1 is 1.10 bits per heavy atom. The van der Waals surface area contributed by atoms with Gasteiger partial charge in [0.05, 0.1) is 11.1 Å². The number of aryl methyl sites for hydroxylation is 1. The number of para-hydroxylation sites is 1. The molecule has 0 aliphatic rings. The van der Waals surface area contributed by atoms with E-state index in [9.17, 15) is 5.11 Å². The van der Waals surface area contributed by atoms with Gasteiger partial charge in [-0.15, -0.1) is 0 Å². The second kappa shape index (κ2) is 5.82. The summed E-state index contributed by atoms with van der Waals surface area (Å²) in [5.41, 5.74) is 2.06. The third-order valence-corrected chi connectivity index (χ3v) is 3.65. The van der Waals surface area contributed by atoms with Gasteiger partial charge in [0.25, 0.3) is 0 Å². The molecule has 2 rings (SSSR count). The Hall–Kier alpha value is -1.32. The van der Waals surface area contributed by atoms with Crippen LogP contribution in [0.3, 0.4) is 0 Å². The SMILES string of the molecule is CC(C)(O)CCn1ccc2cccc(CNC(C)(C)C)c21. The minimum atomic E-state index is -0.630. The Morgan fingerprint density at radius 3 is 2.43 bits per heavy atom. The number of rotatable bonds is 5. The Kier molecular flexibility index (Phi) is 4.45. The maximum Gasteiger partial charge on any atom is 0.0608 e. The zero-order valence-corrected chi connectivity index (χ0v) is 13.9. The van der Waals surface area contributed by atoms with Crippen LogP contribution in [0.5, 0.6) is 0 Å². The van der Waals surface area contributed by atoms with E-state index < -0.39 is 5.60 Å². The van der Waals surface area contributed by atoms with Crippen LogP contribution in [0, 0.1) is 0 Å². The highest BCUT2D eigenvalue weighted by molar-refractivity contribution is 5.83. The van der Waals surface area contributed by atoms with E-state index in [1.54, 1.807) is 0 Å². The smallest absolute Gasteiger partial charge is 0.0608 e. The molecule has 0 aliphatic carbocycles. The first kappa shape index (κ1) is 16.1. The molecule has 116 valence electrons. The maximum atomic E-state index is 9.94. The molecule has 0 spiro atoms. The van der Waals surface area contributed by atoms with Gasteiger partial charge in [0.15, 0.2) is 0 Å². The van der Waals surface area contributed by atoms with Gasteiger partial charge in [-0.2, -0.15) is 0 Å². The molecule has 3 heteroatoms. The first-order valence-electron chi connectivity index (χ1n) is 7.70. The van der Waals surface area contributed by atoms with Crippen molar-refractivity contribution in [3.05, 3.63) is 36.0 Å². The molecular formula is C18H28N2O. The molecule has 0 unspecified atom stereocenters. The van der Waals surface area contributed by atoms with Crippen molar-refractivity contribution in [3.8, 4) is 0 Å². The number of nitrogens with one attached hydrogen (secondary N) is 1. The molecule has 1 heterocycles. The Morgan fingerprint density at radius 2 is 1.81 bits per heavy atom. The van der Waals surface area contributed by atoms with Crippen molar-refractivity contribution >= 4 is 10.9 Å². The molecule has 2 N–H and O–H groups in total. The van der Waals surface area contributed by atoms with Crippen molar-refractivity contribution in [3.63, 3.8) is 0 Å². The Labute approximate surface area is 128 Å². The lowest BCUT2D eigenvalue weighted by molar-refractivity contribution is 0.0666. The lowest BCUT2D eigenvalue weighted by atomic mass is 10.1. The van der Waals surface area contributed by atoms with Crippen molar-refractivity contribution in [1.82, 2.24) is 9.88 Å². The molecule has 1 aromatic heterocycles. The van der Waals surface area contributed by atoms with Crippen molar-refractivity contribution in [2.24, 2.45) is 0 Å². The van der Waals surface area contributed by atoms with E-state index in [2.05, 4.69) is 61.1 Å². The summed E-state index contributed by atoms with van der Waals surface area (Å²) in [6.07, 6.45) is 2.87. The number of benzene rings is 1. The lowest BCUT2D eigenvalue weighted by Gasteiger charge is -2.22. The Bertz CT molecular complexity index is 600. The molecule has 0 saturated heterocycles. The summed E-state index contributed by atoms with van der Waals surface area (Å²) >= 11 is 0. The van der Waals surface area contributed by atoms with Crippen LogP contribution in [0.4, 0.5) is 0 Å². The molecule has 0 amide bonds. The largest absolute Gasteiger partial charge is 0.390 e. The average Bonchev–Trinajstić information content (AvgIpc) is 2.76. The van der Waals surface area contributed by atoms with E-state index in [0.717, 1.165) is 19.5 Å². The van der Waals surface area contributed by atoms with Gasteiger partial charge in [0, 0.05) is 24.8 Å². The van der Waals surface area contributed by atoms with Crippen LogP contribution in [-0.4, -0.2) is 20.8 Å². The maximum absolute atomic E-state index is 9.94. The van der Waals surface area contributed by atoms with E-state index in [0.29, 0.717) is 0 Å². The van der Waals surface area contributed by atoms with Gasteiger partial charge in [-0.05, 0) is 58.1 Å². The molecule has 0 radical (unpaired) electrons. The monoisotopic (exact) mass is 288 g/mol. The topological polar surface area (TPSA) is 37.2 Å². The third-order valence-electron chi connectivity index (χ3n) is 3.65. The second-order valence-corrected chi connectivity index (χ2v) is 7.53. The van der Waals surface area contributed by atoms with Crippen LogP contribution in [0.15, 0.2) is 30.5 Å². The molecule has 21 heavy (non-hydrogen) atoms. The van der Waals surface area contributed by atoms with Crippen LogP contribution in [0.2, 0.25) is 0 Å². The molecule has 1 aromatic carbocycles. The third kappa shape index (κ3) is 4.58. The fraction of sp³-hybridized carbons (Fsp3) is 0.556. The first-order chi connectivity index (χ1) is 9.66. The van der Waals surface area contributed by atoms with E-state index in [4.69, 9.17) is 0 Å². The van der Waals surface area contributed by atoms with Gasteiger partial charge in [0.2, 0.25) is 0 Å². The van der Waals surface area contributed by atoms with E-state index in [1.807, 2.05) is 13.8 Å². The summed E-state index contributed by atoms with van der Waals surface area (Å²) in [6, 6.07) is 8.60. The number of nitrogens with zero attached hydrogens (tertiary/aromatic N) is 1. The number of aliphatic hydroxyl groups is 1. The van der Waals surface area contributed by atoms with Crippen LogP contribution in [-0.2, 0) is 13.1 Å². The van der Waals surface area contributed by atoms with Gasteiger partial charge >= 0.3 is 0 Å². The van der Waals surface area contributed by atoms with Crippen LogP contribution < -0.4 is 5.32 Å². The normalized spacial score (nSPS) is 13.0. The van der Waals surface area contributed by atoms with Gasteiger partial charge in [-0.1, -0.05) is 18.2 Å². The summed E-state index contributed by atoms with van der Waals surface area (Å²) in [5, 5.41) is 14.8. The summed E-state index contributed by atoms with van der Waals surface area (Å²) in [4.78, 5) is 0. The summed E-state index contributed by atoms with van der Waals surface area (Å²) in [7, 11) is 0. The highest BCUT2D eigenvalue weighted by Gasteiger charge is 2.15. The van der Waals surface area contributed by atoms with Crippen molar-refractivity contribution < 1.29 is 5.11 Å². The van der Waals surface area contributed by atoms with E-state index >= 15 is 0 Å². The fourth-order valence-corrected chi connectivity index (χ4v) is 2.42. The molecule has 0 bridgehead atoms. The zero-order chi connectivity index (χ0) is 15.7. The summed E-state index contributed by atoms with van der Waals surface area (Å²) in [6.45, 7) is 12.0. The van der Waals surface area contributed by atoms with Crippen molar-refractivity contribution in [2.45, 2.75) is 65.3 Å². The zero-order valence-electron chi connectivity index (χ0n) is 13.9.